The van der Waals surface area contributed by atoms with Crippen LogP contribution in [0.15, 0.2) is 61.1 Å². The lowest BCUT2D eigenvalue weighted by molar-refractivity contribution is 0.103. The topological polar surface area (TPSA) is 72.6 Å². The Hall–Kier alpha value is -3.79. The molecule has 0 aliphatic carbocycles. The van der Waals surface area contributed by atoms with Gasteiger partial charge in [0.2, 0.25) is 5.78 Å². The molecule has 7 heteroatoms. The van der Waals surface area contributed by atoms with Gasteiger partial charge in [0.05, 0.1) is 5.92 Å². The Balaban J connectivity index is 1.43. The highest BCUT2D eigenvalue weighted by atomic mass is 16.5. The normalized spacial score (nSPS) is 13.8. The number of ketones is 1. The Morgan fingerprint density at radius 1 is 1.06 bits per heavy atom. The summed E-state index contributed by atoms with van der Waals surface area (Å²) in [6, 6.07) is 15.6. The lowest BCUT2D eigenvalue weighted by Crippen LogP contribution is -2.34. The van der Waals surface area contributed by atoms with Crippen LogP contribution in [0.2, 0.25) is 0 Å². The van der Waals surface area contributed by atoms with Crippen molar-refractivity contribution < 1.29 is 9.53 Å². The summed E-state index contributed by atoms with van der Waals surface area (Å²) in [6.07, 6.45) is 7.91. The predicted molar refractivity (Wildman–Crippen MR) is 124 cm³/mol. The third-order valence-corrected chi connectivity index (χ3v) is 5.28. The quantitative estimate of drug-likeness (QED) is 0.523. The molecule has 0 spiro atoms. The molecule has 1 saturated heterocycles. The first-order valence-electron chi connectivity index (χ1n) is 11.0. The maximum Gasteiger partial charge on any atom is 0.276 e. The molecule has 2 aromatic heterocycles. The average molecular weight is 429 g/mol. The van der Waals surface area contributed by atoms with Crippen LogP contribution in [0.25, 0.3) is 4.85 Å². The molecule has 0 saturated carbocycles. The van der Waals surface area contributed by atoms with Gasteiger partial charge >= 0.3 is 0 Å². The number of rotatable bonds is 6. The molecule has 0 radical (unpaired) electrons. The van der Waals surface area contributed by atoms with E-state index in [0.717, 1.165) is 44.7 Å². The number of benzene rings is 1. The second-order valence-corrected chi connectivity index (χ2v) is 7.63. The number of pyridine rings is 1. The van der Waals surface area contributed by atoms with Crippen molar-refractivity contribution >= 4 is 11.6 Å². The second kappa shape index (κ2) is 10.5. The predicted octanol–water partition coefficient (Wildman–Crippen LogP) is 4.85. The minimum Gasteiger partial charge on any atom is -0.436 e. The Morgan fingerprint density at radius 3 is 2.56 bits per heavy atom. The molecular weight excluding hydrogens is 402 g/mol. The number of carbonyl (C=O) groups excluding carboxylic acids is 1. The number of hydrogen-bond donors (Lipinski definition) is 0. The number of hydrogen-bond acceptors (Lipinski definition) is 6. The van der Waals surface area contributed by atoms with Gasteiger partial charge < -0.3 is 9.64 Å². The maximum atomic E-state index is 12.5. The van der Waals surface area contributed by atoms with E-state index >= 15 is 0 Å². The molecule has 4 rings (SSSR count). The third-order valence-electron chi connectivity index (χ3n) is 5.28. The summed E-state index contributed by atoms with van der Waals surface area (Å²) in [5.41, 5.74) is 0.969. The van der Waals surface area contributed by atoms with Crippen LogP contribution in [-0.4, -0.2) is 40.4 Å². The Kier molecular flexibility index (Phi) is 7.03. The standard InChI is InChI=1S/C25H26N5O2/c1-2-12-26-18-19-10-16-30(17-11-19)24-25(29-15-14-28-24)32-21-8-6-20(7-9-21)23(31)22-5-3-4-13-27-22/h3-9,13-15,19H,2,10-12,16-17H2,1H3/q+1. The van der Waals surface area contributed by atoms with E-state index < -0.39 is 0 Å². The minimum absolute atomic E-state index is 0.125. The fraction of sp³-hybridized carbons (Fsp3) is 0.320. The van der Waals surface area contributed by atoms with E-state index in [2.05, 4.69) is 37.7 Å². The van der Waals surface area contributed by atoms with E-state index in [9.17, 15) is 4.79 Å². The van der Waals surface area contributed by atoms with Gasteiger partial charge in [-0.15, -0.1) is 0 Å². The van der Waals surface area contributed by atoms with E-state index in [1.807, 2.05) is 0 Å². The van der Waals surface area contributed by atoms with Gasteiger partial charge in [-0.1, -0.05) is 17.8 Å². The van der Waals surface area contributed by atoms with E-state index in [1.165, 1.54) is 0 Å². The van der Waals surface area contributed by atoms with Gasteiger partial charge in [-0.05, 0) is 49.2 Å². The van der Waals surface area contributed by atoms with Crippen LogP contribution in [0.3, 0.4) is 0 Å². The van der Waals surface area contributed by atoms with Gasteiger partial charge in [-0.25, -0.2) is 9.97 Å². The van der Waals surface area contributed by atoms with Crippen molar-refractivity contribution in [3.8, 4) is 17.7 Å². The molecule has 1 fully saturated rings. The van der Waals surface area contributed by atoms with Gasteiger partial charge in [-0.2, -0.15) is 0 Å². The van der Waals surface area contributed by atoms with Crippen molar-refractivity contribution in [2.75, 3.05) is 24.5 Å². The van der Waals surface area contributed by atoms with Gasteiger partial charge in [0.15, 0.2) is 5.82 Å². The first-order chi connectivity index (χ1) is 15.7. The molecule has 3 heterocycles. The number of ether oxygens (including phenoxy) is 1. The Morgan fingerprint density at radius 2 is 1.84 bits per heavy atom. The molecule has 0 unspecified atom stereocenters. The highest BCUT2D eigenvalue weighted by molar-refractivity contribution is 6.07. The van der Waals surface area contributed by atoms with E-state index in [0.29, 0.717) is 28.8 Å². The highest BCUT2D eigenvalue weighted by Gasteiger charge is 2.25. The molecule has 3 aromatic rings. The molecule has 1 aliphatic heterocycles. The van der Waals surface area contributed by atoms with Gasteiger partial charge in [0, 0.05) is 43.7 Å². The van der Waals surface area contributed by atoms with Crippen LogP contribution in [0.5, 0.6) is 11.6 Å². The zero-order valence-corrected chi connectivity index (χ0v) is 18.1. The molecular formula is C25H26N5O2+. The maximum absolute atomic E-state index is 12.5. The summed E-state index contributed by atoms with van der Waals surface area (Å²) < 4.78 is 6.03. The van der Waals surface area contributed by atoms with Crippen LogP contribution in [-0.2, 0) is 0 Å². The van der Waals surface area contributed by atoms with E-state index in [4.69, 9.17) is 4.74 Å². The van der Waals surface area contributed by atoms with Gasteiger partial charge in [-0.3, -0.25) is 9.78 Å². The SMILES string of the molecule is CCC[N+]#CC1CCN(c2nccnc2Oc2ccc(C(=O)c3ccccn3)cc2)CC1. The fourth-order valence-corrected chi connectivity index (χ4v) is 3.56. The Bertz CT molecular complexity index is 1100. The molecule has 0 amide bonds. The lowest BCUT2D eigenvalue weighted by Gasteiger charge is -2.29. The Labute approximate surface area is 187 Å². The summed E-state index contributed by atoms with van der Waals surface area (Å²) in [7, 11) is 0. The molecule has 7 nitrogen and oxygen atoms in total. The van der Waals surface area contributed by atoms with E-state index in [1.54, 1.807) is 61.1 Å². The second-order valence-electron chi connectivity index (χ2n) is 7.63. The van der Waals surface area contributed by atoms with E-state index in [-0.39, 0.29) is 5.78 Å². The van der Waals surface area contributed by atoms with Crippen molar-refractivity contribution in [1.82, 2.24) is 15.0 Å². The molecule has 32 heavy (non-hydrogen) atoms. The zero-order valence-electron chi connectivity index (χ0n) is 18.1. The number of nitrogens with zero attached hydrogens (tertiary/aromatic N) is 5. The minimum atomic E-state index is -0.125. The lowest BCUT2D eigenvalue weighted by atomic mass is 9.98. The zero-order chi connectivity index (χ0) is 22.2. The monoisotopic (exact) mass is 428 g/mol. The van der Waals surface area contributed by atoms with Crippen LogP contribution < -0.4 is 9.64 Å². The molecule has 1 aliphatic rings. The number of piperidine rings is 1. The summed E-state index contributed by atoms with van der Waals surface area (Å²) >= 11 is 0. The molecule has 0 bridgehead atoms. The van der Waals surface area contributed by atoms with Crippen LogP contribution in [0.4, 0.5) is 5.82 Å². The van der Waals surface area contributed by atoms with Gasteiger partial charge in [0.25, 0.3) is 18.5 Å². The van der Waals surface area contributed by atoms with Crippen molar-refractivity contribution in [1.29, 1.82) is 0 Å². The molecule has 1 aromatic carbocycles. The van der Waals surface area contributed by atoms with Gasteiger partial charge in [0.1, 0.15) is 11.4 Å². The van der Waals surface area contributed by atoms with Crippen LogP contribution in [0.1, 0.15) is 42.2 Å². The van der Waals surface area contributed by atoms with Crippen molar-refractivity contribution in [3.63, 3.8) is 0 Å². The first kappa shape index (κ1) is 21.4. The molecule has 162 valence electrons. The largest absolute Gasteiger partial charge is 0.436 e. The van der Waals surface area contributed by atoms with Crippen molar-refractivity contribution in [3.05, 3.63) is 77.2 Å². The number of anilines is 1. The first-order valence-corrected chi connectivity index (χ1v) is 11.0. The van der Waals surface area contributed by atoms with Crippen LogP contribution in [0, 0.1) is 12.0 Å². The van der Waals surface area contributed by atoms with Crippen molar-refractivity contribution in [2.45, 2.75) is 26.2 Å². The smallest absolute Gasteiger partial charge is 0.276 e. The third kappa shape index (κ3) is 5.27. The highest BCUT2D eigenvalue weighted by Crippen LogP contribution is 2.31. The average Bonchev–Trinajstić information content (AvgIpc) is 2.86. The number of carbonyl (C=O) groups is 1. The summed E-state index contributed by atoms with van der Waals surface area (Å²) in [6.45, 7) is 4.67. The molecule has 0 N–H and O–H groups in total. The summed E-state index contributed by atoms with van der Waals surface area (Å²) in [5.74, 6) is 2.05. The molecule has 0 atom stereocenters. The fourth-order valence-electron chi connectivity index (χ4n) is 3.56. The van der Waals surface area contributed by atoms with Crippen molar-refractivity contribution in [2.24, 2.45) is 5.92 Å². The van der Waals surface area contributed by atoms with Crippen LogP contribution >= 0.6 is 0 Å². The summed E-state index contributed by atoms with van der Waals surface area (Å²) in [5, 5.41) is 0. The number of aromatic nitrogens is 3. The summed E-state index contributed by atoms with van der Waals surface area (Å²) in [4.78, 5) is 32.1.